The average Bonchev–Trinajstić information content (AvgIpc) is 3.10. The fourth-order valence-electron chi connectivity index (χ4n) is 6.84. The van der Waals surface area contributed by atoms with Gasteiger partial charge in [-0.15, -0.1) is 0 Å². The number of benzene rings is 3. The molecular weight excluding hydrogens is 582 g/mol. The van der Waals surface area contributed by atoms with Crippen molar-refractivity contribution in [3.05, 3.63) is 107 Å². The minimum Gasteiger partial charge on any atom is -0.348 e. The van der Waals surface area contributed by atoms with Crippen LogP contribution < -0.4 is 10.6 Å². The maximum atomic E-state index is 13.8. The monoisotopic (exact) mass is 633 g/mol. The van der Waals surface area contributed by atoms with Crippen molar-refractivity contribution in [2.75, 3.05) is 13.6 Å². The van der Waals surface area contributed by atoms with E-state index in [0.29, 0.717) is 31.4 Å². The molecule has 1 unspecified atom stereocenters. The van der Waals surface area contributed by atoms with Crippen LogP contribution in [-0.4, -0.2) is 42.3 Å². The molecule has 5 rings (SSSR count). The molecule has 0 aromatic heterocycles. The Balaban J connectivity index is 1.22. The molecule has 6 nitrogen and oxygen atoms in total. The highest BCUT2D eigenvalue weighted by molar-refractivity contribution is 6.01. The fraction of sp³-hybridized carbons (Fsp3) is 0.439. The van der Waals surface area contributed by atoms with Crippen LogP contribution in [0.5, 0.6) is 0 Å². The number of nitrogens with one attached hydrogen (secondary N) is 2. The van der Waals surface area contributed by atoms with E-state index in [2.05, 4.69) is 61.7 Å². The lowest BCUT2D eigenvalue weighted by Crippen LogP contribution is -2.49. The van der Waals surface area contributed by atoms with Crippen LogP contribution in [0.4, 0.5) is 0 Å². The Labute approximate surface area is 281 Å². The van der Waals surface area contributed by atoms with Crippen molar-refractivity contribution in [2.24, 2.45) is 5.41 Å². The summed E-state index contributed by atoms with van der Waals surface area (Å²) in [7, 11) is 1.88. The lowest BCUT2D eigenvalue weighted by atomic mass is 9.75. The lowest BCUT2D eigenvalue weighted by Gasteiger charge is -2.36. The van der Waals surface area contributed by atoms with Crippen LogP contribution in [-0.2, 0) is 15.0 Å². The number of carbonyl (C=O) groups excluding carboxylic acids is 3. The standard InChI is InChI=1S/C41H51N3O3/c1-40(2,3)32-22-20-30(21-23-32)34-18-12-13-19-35(34)37(45)42-28-29-24-26-41(4,27-25-29)39(47)43-36(31-14-8-6-9-15-31)38(46)44(5)33-16-10-7-11-17-33/h6,8-9,12-15,18-24,33,36H,7,10-11,16-17,25-28H2,1-5H3,(H,42,45)(H,43,47)/t36-,41?/m0/s1. The normalized spacial score (nSPS) is 19.3. The van der Waals surface area contributed by atoms with Crippen LogP contribution in [0.25, 0.3) is 11.1 Å². The molecule has 3 aromatic carbocycles. The van der Waals surface area contributed by atoms with Gasteiger partial charge in [0, 0.05) is 25.2 Å². The molecule has 2 atom stereocenters. The molecule has 3 amide bonds. The van der Waals surface area contributed by atoms with E-state index < -0.39 is 11.5 Å². The minimum atomic E-state index is -0.721. The van der Waals surface area contributed by atoms with Crippen molar-refractivity contribution in [1.29, 1.82) is 0 Å². The summed E-state index contributed by atoms with van der Waals surface area (Å²) >= 11 is 0. The Bertz CT molecular complexity index is 1580. The van der Waals surface area contributed by atoms with Gasteiger partial charge in [-0.05, 0) is 65.8 Å². The number of amides is 3. The molecular formula is C41H51N3O3. The number of carbonyl (C=O) groups is 3. The smallest absolute Gasteiger partial charge is 0.252 e. The predicted octanol–water partition coefficient (Wildman–Crippen LogP) is 8.15. The van der Waals surface area contributed by atoms with Gasteiger partial charge in [-0.25, -0.2) is 0 Å². The highest BCUT2D eigenvalue weighted by Gasteiger charge is 2.38. The van der Waals surface area contributed by atoms with Gasteiger partial charge in [0.1, 0.15) is 6.04 Å². The minimum absolute atomic E-state index is 0.0553. The van der Waals surface area contributed by atoms with Crippen molar-refractivity contribution in [3.63, 3.8) is 0 Å². The molecule has 248 valence electrons. The second-order valence-corrected chi connectivity index (χ2v) is 14.7. The topological polar surface area (TPSA) is 78.5 Å². The summed E-state index contributed by atoms with van der Waals surface area (Å²) in [5.74, 6) is -0.276. The van der Waals surface area contributed by atoms with Crippen molar-refractivity contribution < 1.29 is 14.4 Å². The first-order valence-corrected chi connectivity index (χ1v) is 17.2. The molecule has 0 radical (unpaired) electrons. The van der Waals surface area contributed by atoms with E-state index in [9.17, 15) is 14.4 Å². The third-order valence-electron chi connectivity index (χ3n) is 10.2. The number of hydrogen-bond acceptors (Lipinski definition) is 3. The number of nitrogens with zero attached hydrogens (tertiary/aromatic N) is 1. The molecule has 1 fully saturated rings. The third-order valence-corrected chi connectivity index (χ3v) is 10.2. The zero-order valence-corrected chi connectivity index (χ0v) is 28.8. The summed E-state index contributed by atoms with van der Waals surface area (Å²) in [4.78, 5) is 42.9. The molecule has 0 saturated heterocycles. The van der Waals surface area contributed by atoms with Crippen LogP contribution in [0, 0.1) is 5.41 Å². The van der Waals surface area contributed by atoms with Crippen LogP contribution in [0.2, 0.25) is 0 Å². The van der Waals surface area contributed by atoms with E-state index in [1.165, 1.54) is 12.0 Å². The van der Waals surface area contributed by atoms with Crippen LogP contribution in [0.1, 0.15) is 107 Å². The summed E-state index contributed by atoms with van der Waals surface area (Å²) in [5, 5.41) is 6.28. The Morgan fingerprint density at radius 1 is 0.894 bits per heavy atom. The van der Waals surface area contributed by atoms with Gasteiger partial charge in [0.15, 0.2) is 0 Å². The largest absolute Gasteiger partial charge is 0.348 e. The molecule has 2 aliphatic rings. The van der Waals surface area contributed by atoms with E-state index in [1.807, 2.05) is 73.5 Å². The second-order valence-electron chi connectivity index (χ2n) is 14.7. The second kappa shape index (κ2) is 14.7. The number of rotatable bonds is 9. The molecule has 6 heteroatoms. The van der Waals surface area contributed by atoms with E-state index in [0.717, 1.165) is 47.9 Å². The zero-order valence-electron chi connectivity index (χ0n) is 28.8. The summed E-state index contributed by atoms with van der Waals surface area (Å²) in [6, 6.07) is 25.2. The Hall–Kier alpha value is -4.19. The summed E-state index contributed by atoms with van der Waals surface area (Å²) in [5.41, 5.74) is 5.15. The van der Waals surface area contributed by atoms with Gasteiger partial charge in [0.25, 0.3) is 5.91 Å². The maximum Gasteiger partial charge on any atom is 0.252 e. The maximum absolute atomic E-state index is 13.8. The quantitative estimate of drug-likeness (QED) is 0.234. The van der Waals surface area contributed by atoms with Crippen molar-refractivity contribution in [3.8, 4) is 11.1 Å². The van der Waals surface area contributed by atoms with Crippen LogP contribution in [0.15, 0.2) is 90.5 Å². The molecule has 0 aliphatic heterocycles. The van der Waals surface area contributed by atoms with Gasteiger partial charge in [-0.1, -0.05) is 131 Å². The molecule has 0 spiro atoms. The van der Waals surface area contributed by atoms with Gasteiger partial charge in [-0.3, -0.25) is 14.4 Å². The molecule has 0 bridgehead atoms. The van der Waals surface area contributed by atoms with Gasteiger partial charge < -0.3 is 15.5 Å². The Kier molecular flexibility index (Phi) is 10.7. The van der Waals surface area contributed by atoms with Gasteiger partial charge >= 0.3 is 0 Å². The van der Waals surface area contributed by atoms with E-state index in [1.54, 1.807) is 0 Å². The average molecular weight is 634 g/mol. The number of likely N-dealkylation sites (N-methyl/N-ethyl adjacent to an activating group) is 1. The molecule has 47 heavy (non-hydrogen) atoms. The van der Waals surface area contributed by atoms with Gasteiger partial charge in [0.05, 0.1) is 5.41 Å². The third kappa shape index (κ3) is 8.22. The van der Waals surface area contributed by atoms with E-state index in [-0.39, 0.29) is 29.2 Å². The molecule has 2 N–H and O–H groups in total. The fourth-order valence-corrected chi connectivity index (χ4v) is 6.84. The van der Waals surface area contributed by atoms with Crippen molar-refractivity contribution in [1.82, 2.24) is 15.5 Å². The molecule has 2 aliphatic carbocycles. The lowest BCUT2D eigenvalue weighted by molar-refractivity contribution is -0.140. The summed E-state index contributed by atoms with van der Waals surface area (Å²) in [6.45, 7) is 8.99. The Morgan fingerprint density at radius 2 is 1.55 bits per heavy atom. The van der Waals surface area contributed by atoms with Gasteiger partial charge in [-0.2, -0.15) is 0 Å². The summed E-state index contributed by atoms with van der Waals surface area (Å²) < 4.78 is 0. The SMILES string of the molecule is CN(C(=O)[C@@H](NC(=O)C1(C)CC=C(CNC(=O)c2ccccc2-c2ccc(C(C)(C)C)cc2)CC1)c1ccccc1)C1CCCCC1. The molecule has 3 aromatic rings. The van der Waals surface area contributed by atoms with Crippen LogP contribution >= 0.6 is 0 Å². The van der Waals surface area contributed by atoms with Crippen molar-refractivity contribution in [2.45, 2.75) is 96.6 Å². The van der Waals surface area contributed by atoms with Gasteiger partial charge in [0.2, 0.25) is 11.8 Å². The first-order valence-electron chi connectivity index (χ1n) is 17.2. The predicted molar refractivity (Wildman–Crippen MR) is 190 cm³/mol. The Morgan fingerprint density at radius 3 is 2.19 bits per heavy atom. The number of hydrogen-bond donors (Lipinski definition) is 2. The summed E-state index contributed by atoms with van der Waals surface area (Å²) in [6.07, 6.45) is 9.49. The first-order chi connectivity index (χ1) is 22.5. The van der Waals surface area contributed by atoms with E-state index >= 15 is 0 Å². The highest BCUT2D eigenvalue weighted by atomic mass is 16.2. The first kappa shape index (κ1) is 34.2. The zero-order chi connectivity index (χ0) is 33.6. The molecule has 0 heterocycles. The molecule has 1 saturated carbocycles. The highest BCUT2D eigenvalue weighted by Crippen LogP contribution is 2.36. The van der Waals surface area contributed by atoms with Crippen LogP contribution in [0.3, 0.4) is 0 Å². The number of allylic oxidation sites excluding steroid dienone is 1. The van der Waals surface area contributed by atoms with Crippen molar-refractivity contribution >= 4 is 17.7 Å². The van der Waals surface area contributed by atoms with E-state index in [4.69, 9.17) is 0 Å².